The molecule has 4 rings (SSSR count). The van der Waals surface area contributed by atoms with Gasteiger partial charge in [0, 0.05) is 0 Å². The zero-order valence-electron chi connectivity index (χ0n) is 13.6. The van der Waals surface area contributed by atoms with E-state index in [4.69, 9.17) is 4.74 Å². The van der Waals surface area contributed by atoms with Crippen molar-refractivity contribution in [1.29, 1.82) is 0 Å². The largest absolute Gasteiger partial charge is 0.385 e. The summed E-state index contributed by atoms with van der Waals surface area (Å²) in [5.41, 5.74) is 1.58. The first-order valence-electron chi connectivity index (χ1n) is 8.23. The van der Waals surface area contributed by atoms with Crippen molar-refractivity contribution in [3.63, 3.8) is 0 Å². The maximum Gasteiger partial charge on any atom is 0.157 e. The molecule has 0 spiro atoms. The van der Waals surface area contributed by atoms with Crippen molar-refractivity contribution in [2.45, 2.75) is 24.2 Å². The van der Waals surface area contributed by atoms with E-state index in [0.29, 0.717) is 0 Å². The van der Waals surface area contributed by atoms with Crippen LogP contribution >= 0.6 is 0 Å². The average molecular weight is 316 g/mol. The Kier molecular flexibility index (Phi) is 3.52. The van der Waals surface area contributed by atoms with Crippen molar-refractivity contribution in [3.8, 4) is 0 Å². The number of rotatable bonds is 4. The highest BCUT2D eigenvalue weighted by Crippen LogP contribution is 2.67. The summed E-state index contributed by atoms with van der Waals surface area (Å²) >= 11 is 0. The monoisotopic (exact) mass is 316 g/mol. The molecule has 1 aliphatic heterocycles. The van der Waals surface area contributed by atoms with Crippen LogP contribution in [-0.2, 0) is 15.9 Å². The topological polar surface area (TPSA) is 32.8 Å². The molecule has 1 N–H and O–H groups in total. The first-order valence-corrected chi connectivity index (χ1v) is 8.23. The van der Waals surface area contributed by atoms with E-state index in [-0.39, 0.29) is 0 Å². The van der Waals surface area contributed by atoms with Gasteiger partial charge in [0.05, 0.1) is 0 Å². The normalized spacial score (nSPS) is 26.8. The number of aliphatic hydroxyl groups excluding tert-OH is 1. The van der Waals surface area contributed by atoms with Crippen molar-refractivity contribution in [2.75, 3.05) is 0 Å². The second-order valence-corrected chi connectivity index (χ2v) is 6.42. The lowest BCUT2D eigenvalue weighted by atomic mass is 9.77. The molecule has 0 saturated carbocycles. The summed E-state index contributed by atoms with van der Waals surface area (Å²) in [6, 6.07) is 29.9. The number of benzene rings is 3. The molecule has 0 aliphatic carbocycles. The van der Waals surface area contributed by atoms with Crippen molar-refractivity contribution >= 4 is 0 Å². The molecule has 120 valence electrons. The highest BCUT2D eigenvalue weighted by atomic mass is 16.6. The molecular formula is C22H20O2. The minimum Gasteiger partial charge on any atom is -0.385 e. The Balaban J connectivity index is 1.85. The van der Waals surface area contributed by atoms with Gasteiger partial charge in [-0.15, -0.1) is 0 Å². The van der Waals surface area contributed by atoms with Crippen LogP contribution in [0.4, 0.5) is 0 Å². The molecule has 1 aliphatic rings. The van der Waals surface area contributed by atoms with Crippen molar-refractivity contribution in [2.24, 2.45) is 0 Å². The Labute approximate surface area is 142 Å². The minimum atomic E-state index is -0.781. The van der Waals surface area contributed by atoms with Crippen LogP contribution in [0.25, 0.3) is 0 Å². The summed E-state index contributed by atoms with van der Waals surface area (Å²) in [4.78, 5) is 0. The molecule has 3 unspecified atom stereocenters. The third kappa shape index (κ3) is 2.11. The van der Waals surface area contributed by atoms with Gasteiger partial charge < -0.3 is 9.84 Å². The maximum atomic E-state index is 11.2. The molecule has 1 heterocycles. The predicted molar refractivity (Wildman–Crippen MR) is 94.4 cm³/mol. The Morgan fingerprint density at radius 1 is 0.708 bits per heavy atom. The first-order chi connectivity index (χ1) is 11.7. The van der Waals surface area contributed by atoms with Crippen LogP contribution in [0.1, 0.15) is 29.7 Å². The Bertz CT molecular complexity index is 816. The van der Waals surface area contributed by atoms with E-state index in [1.807, 2.05) is 78.9 Å². The number of aliphatic hydroxyl groups is 1. The van der Waals surface area contributed by atoms with Gasteiger partial charge in [0.25, 0.3) is 0 Å². The Morgan fingerprint density at radius 2 is 1.17 bits per heavy atom. The SMILES string of the molecule is CC1(c2ccccc2)OC1(c1ccccc1)C(O)c1ccccc1. The summed E-state index contributed by atoms with van der Waals surface area (Å²) in [7, 11) is 0. The smallest absolute Gasteiger partial charge is 0.157 e. The fraction of sp³-hybridized carbons (Fsp3) is 0.182. The van der Waals surface area contributed by atoms with Crippen LogP contribution in [-0.4, -0.2) is 5.11 Å². The van der Waals surface area contributed by atoms with Gasteiger partial charge >= 0.3 is 0 Å². The summed E-state index contributed by atoms with van der Waals surface area (Å²) in [5.74, 6) is 0. The van der Waals surface area contributed by atoms with E-state index < -0.39 is 17.3 Å². The number of ether oxygens (including phenoxy) is 1. The fourth-order valence-electron chi connectivity index (χ4n) is 3.69. The molecule has 0 radical (unpaired) electrons. The molecule has 0 amide bonds. The summed E-state index contributed by atoms with van der Waals surface area (Å²) < 4.78 is 6.33. The van der Waals surface area contributed by atoms with Crippen LogP contribution in [0.15, 0.2) is 91.0 Å². The zero-order chi connectivity index (χ0) is 16.6. The standard InChI is InChI=1S/C22H20O2/c1-21(18-13-7-3-8-14-18)22(24-21,19-15-9-4-10-16-19)20(23)17-11-5-2-6-12-17/h2-16,20,23H,1H3. The summed E-state index contributed by atoms with van der Waals surface area (Å²) in [6.07, 6.45) is -0.744. The van der Waals surface area contributed by atoms with Crippen LogP contribution in [0.2, 0.25) is 0 Å². The van der Waals surface area contributed by atoms with Crippen LogP contribution < -0.4 is 0 Å². The predicted octanol–water partition coefficient (Wildman–Crippen LogP) is 4.56. The van der Waals surface area contributed by atoms with Crippen LogP contribution in [0.3, 0.4) is 0 Å². The highest BCUT2D eigenvalue weighted by molar-refractivity contribution is 5.44. The number of epoxide rings is 1. The van der Waals surface area contributed by atoms with Gasteiger partial charge in [-0.2, -0.15) is 0 Å². The van der Waals surface area contributed by atoms with E-state index >= 15 is 0 Å². The zero-order valence-corrected chi connectivity index (χ0v) is 13.6. The molecule has 1 saturated heterocycles. The van der Waals surface area contributed by atoms with Gasteiger partial charge in [-0.3, -0.25) is 0 Å². The van der Waals surface area contributed by atoms with Gasteiger partial charge in [0.15, 0.2) is 5.60 Å². The highest BCUT2D eigenvalue weighted by Gasteiger charge is 2.72. The third-order valence-corrected chi connectivity index (χ3v) is 5.06. The summed E-state index contributed by atoms with van der Waals surface area (Å²) in [5, 5.41) is 11.2. The van der Waals surface area contributed by atoms with Crippen molar-refractivity contribution in [3.05, 3.63) is 108 Å². The van der Waals surface area contributed by atoms with Crippen molar-refractivity contribution in [1.82, 2.24) is 0 Å². The molecule has 2 nitrogen and oxygen atoms in total. The van der Waals surface area contributed by atoms with Gasteiger partial charge in [-0.25, -0.2) is 0 Å². The molecule has 3 aromatic carbocycles. The molecule has 24 heavy (non-hydrogen) atoms. The molecular weight excluding hydrogens is 296 g/mol. The Morgan fingerprint density at radius 3 is 1.71 bits per heavy atom. The molecule has 2 heteroatoms. The van der Waals surface area contributed by atoms with E-state index in [0.717, 1.165) is 16.7 Å². The van der Waals surface area contributed by atoms with E-state index in [1.54, 1.807) is 0 Å². The van der Waals surface area contributed by atoms with Crippen LogP contribution in [0.5, 0.6) is 0 Å². The second-order valence-electron chi connectivity index (χ2n) is 6.42. The fourth-order valence-corrected chi connectivity index (χ4v) is 3.69. The van der Waals surface area contributed by atoms with E-state index in [9.17, 15) is 5.11 Å². The lowest BCUT2D eigenvalue weighted by molar-refractivity contribution is 0.0729. The molecule has 3 atom stereocenters. The third-order valence-electron chi connectivity index (χ3n) is 5.06. The lowest BCUT2D eigenvalue weighted by Gasteiger charge is -2.24. The molecule has 1 fully saturated rings. The molecule has 0 aromatic heterocycles. The van der Waals surface area contributed by atoms with Gasteiger partial charge in [0.1, 0.15) is 11.7 Å². The van der Waals surface area contributed by atoms with Crippen LogP contribution in [0, 0.1) is 0 Å². The van der Waals surface area contributed by atoms with E-state index in [2.05, 4.69) is 19.1 Å². The number of hydrogen-bond donors (Lipinski definition) is 1. The second kappa shape index (κ2) is 5.59. The van der Waals surface area contributed by atoms with Gasteiger partial charge in [-0.1, -0.05) is 91.0 Å². The summed E-state index contributed by atoms with van der Waals surface area (Å²) in [6.45, 7) is 2.06. The van der Waals surface area contributed by atoms with Gasteiger partial charge in [0.2, 0.25) is 0 Å². The first kappa shape index (κ1) is 15.1. The average Bonchev–Trinajstić information content (AvgIpc) is 3.32. The molecule has 3 aromatic rings. The van der Waals surface area contributed by atoms with E-state index in [1.165, 1.54) is 0 Å². The molecule has 0 bridgehead atoms. The lowest BCUT2D eigenvalue weighted by Crippen LogP contribution is -2.27. The maximum absolute atomic E-state index is 11.2. The van der Waals surface area contributed by atoms with Gasteiger partial charge in [-0.05, 0) is 23.6 Å². The quantitative estimate of drug-likeness (QED) is 0.716. The number of hydrogen-bond acceptors (Lipinski definition) is 2. The Hall–Kier alpha value is -2.42. The minimum absolute atomic E-state index is 0.565. The van der Waals surface area contributed by atoms with Crippen molar-refractivity contribution < 1.29 is 9.84 Å².